The van der Waals surface area contributed by atoms with Gasteiger partial charge in [0.25, 0.3) is 0 Å². The van der Waals surface area contributed by atoms with E-state index in [-0.39, 0.29) is 18.6 Å². The number of hydrogen-bond acceptors (Lipinski definition) is 4. The van der Waals surface area contributed by atoms with Gasteiger partial charge in [0, 0.05) is 5.56 Å². The van der Waals surface area contributed by atoms with Gasteiger partial charge in [-0.1, -0.05) is 42.5 Å². The van der Waals surface area contributed by atoms with Crippen LogP contribution in [0.1, 0.15) is 28.7 Å². The van der Waals surface area contributed by atoms with Gasteiger partial charge in [-0.05, 0) is 41.5 Å². The number of fused-ring (bicyclic) bond motifs is 1. The molecule has 4 nitrogen and oxygen atoms in total. The zero-order valence-corrected chi connectivity index (χ0v) is 15.2. The maximum Gasteiger partial charge on any atom is 0.133 e. The summed E-state index contributed by atoms with van der Waals surface area (Å²) in [5.41, 5.74) is 3.10. The molecule has 0 spiro atoms. The number of benzene rings is 3. The number of aliphatic hydroxyl groups excluding tert-OH is 1. The van der Waals surface area contributed by atoms with Crippen LogP contribution in [0.5, 0.6) is 17.2 Å². The van der Waals surface area contributed by atoms with Gasteiger partial charge < -0.3 is 19.3 Å². The molecule has 0 amide bonds. The van der Waals surface area contributed by atoms with Crippen molar-refractivity contribution in [3.05, 3.63) is 89.5 Å². The van der Waals surface area contributed by atoms with Crippen LogP contribution in [0.15, 0.2) is 72.8 Å². The molecule has 3 aromatic rings. The van der Waals surface area contributed by atoms with Gasteiger partial charge in [0.1, 0.15) is 30.0 Å². The SMILES string of the molecule is COc1ccc([C@H]2Oc3ccc(OCc4ccccc4)cc3[C@@H]2CO)cc1. The summed E-state index contributed by atoms with van der Waals surface area (Å²) in [5, 5.41) is 10.00. The number of hydrogen-bond donors (Lipinski definition) is 1. The fourth-order valence-corrected chi connectivity index (χ4v) is 3.42. The van der Waals surface area contributed by atoms with Gasteiger partial charge in [-0.15, -0.1) is 0 Å². The van der Waals surface area contributed by atoms with Crippen molar-refractivity contribution in [1.29, 1.82) is 0 Å². The summed E-state index contributed by atoms with van der Waals surface area (Å²) in [7, 11) is 1.64. The van der Waals surface area contributed by atoms with Gasteiger partial charge in [-0.2, -0.15) is 0 Å². The molecule has 0 fully saturated rings. The van der Waals surface area contributed by atoms with Crippen LogP contribution < -0.4 is 14.2 Å². The summed E-state index contributed by atoms with van der Waals surface area (Å²) in [4.78, 5) is 0. The third-order valence-corrected chi connectivity index (χ3v) is 4.89. The highest BCUT2D eigenvalue weighted by molar-refractivity contribution is 5.48. The molecule has 0 radical (unpaired) electrons. The molecule has 1 aliphatic heterocycles. The Morgan fingerprint density at radius 1 is 0.926 bits per heavy atom. The van der Waals surface area contributed by atoms with E-state index >= 15 is 0 Å². The summed E-state index contributed by atoms with van der Waals surface area (Å²) in [6, 6.07) is 23.6. The van der Waals surface area contributed by atoms with Crippen molar-refractivity contribution >= 4 is 0 Å². The molecule has 4 heteroatoms. The zero-order valence-electron chi connectivity index (χ0n) is 15.2. The summed E-state index contributed by atoms with van der Waals surface area (Å²) in [6.07, 6.45) is -0.222. The molecule has 4 rings (SSSR count). The molecule has 0 saturated carbocycles. The summed E-state index contributed by atoms with van der Waals surface area (Å²) in [6.45, 7) is 0.512. The number of methoxy groups -OCH3 is 1. The van der Waals surface area contributed by atoms with E-state index in [9.17, 15) is 5.11 Å². The Bertz CT molecular complexity index is 890. The van der Waals surface area contributed by atoms with Crippen LogP contribution in [0.25, 0.3) is 0 Å². The second-order valence-corrected chi connectivity index (χ2v) is 6.57. The Kier molecular flexibility index (Phi) is 4.99. The fraction of sp³-hybridized carbons (Fsp3) is 0.217. The predicted octanol–water partition coefficient (Wildman–Crippen LogP) is 4.48. The van der Waals surface area contributed by atoms with Crippen molar-refractivity contribution < 1.29 is 19.3 Å². The van der Waals surface area contributed by atoms with E-state index in [1.165, 1.54) is 0 Å². The van der Waals surface area contributed by atoms with Crippen LogP contribution in [0, 0.1) is 0 Å². The molecule has 27 heavy (non-hydrogen) atoms. The van der Waals surface area contributed by atoms with Gasteiger partial charge in [-0.3, -0.25) is 0 Å². The van der Waals surface area contributed by atoms with Gasteiger partial charge in [0.2, 0.25) is 0 Å². The van der Waals surface area contributed by atoms with Crippen LogP contribution >= 0.6 is 0 Å². The first-order valence-electron chi connectivity index (χ1n) is 9.00. The predicted molar refractivity (Wildman–Crippen MR) is 103 cm³/mol. The normalized spacial score (nSPS) is 17.9. The molecule has 0 unspecified atom stereocenters. The van der Waals surface area contributed by atoms with Crippen LogP contribution in [0.4, 0.5) is 0 Å². The minimum Gasteiger partial charge on any atom is -0.497 e. The first-order chi connectivity index (χ1) is 13.3. The fourth-order valence-electron chi connectivity index (χ4n) is 3.42. The topological polar surface area (TPSA) is 47.9 Å². The standard InChI is InChI=1S/C23H22O4/c1-25-18-9-7-17(8-10-18)23-21(14-24)20-13-19(11-12-22(20)27-23)26-15-16-5-3-2-4-6-16/h2-13,21,23-24H,14-15H2,1H3/t21-,23+/m0/s1. The van der Waals surface area contributed by atoms with E-state index in [0.717, 1.165) is 33.9 Å². The maximum absolute atomic E-state index is 10.00. The molecule has 3 aromatic carbocycles. The Morgan fingerprint density at radius 3 is 2.37 bits per heavy atom. The molecule has 1 heterocycles. The summed E-state index contributed by atoms with van der Waals surface area (Å²) in [5.74, 6) is 2.23. The van der Waals surface area contributed by atoms with E-state index in [0.29, 0.717) is 6.61 Å². The monoisotopic (exact) mass is 362 g/mol. The molecular formula is C23H22O4. The van der Waals surface area contributed by atoms with Gasteiger partial charge in [0.15, 0.2) is 0 Å². The van der Waals surface area contributed by atoms with E-state index in [2.05, 4.69) is 0 Å². The Hall–Kier alpha value is -2.98. The van der Waals surface area contributed by atoms with Crippen LogP contribution in [-0.2, 0) is 6.61 Å². The first-order valence-corrected chi connectivity index (χ1v) is 9.00. The second-order valence-electron chi connectivity index (χ2n) is 6.57. The van der Waals surface area contributed by atoms with Crippen molar-refractivity contribution in [3.63, 3.8) is 0 Å². The molecule has 138 valence electrons. The van der Waals surface area contributed by atoms with Crippen molar-refractivity contribution in [2.24, 2.45) is 0 Å². The molecule has 0 aliphatic carbocycles. The van der Waals surface area contributed by atoms with Crippen molar-refractivity contribution in [2.45, 2.75) is 18.6 Å². The first kappa shape index (κ1) is 17.4. The van der Waals surface area contributed by atoms with Gasteiger partial charge in [0.05, 0.1) is 19.6 Å². The lowest BCUT2D eigenvalue weighted by Gasteiger charge is -2.18. The second kappa shape index (κ2) is 7.72. The third kappa shape index (κ3) is 3.62. The molecule has 0 bridgehead atoms. The molecule has 1 N–H and O–H groups in total. The quantitative estimate of drug-likeness (QED) is 0.702. The number of aliphatic hydroxyl groups is 1. The minimum absolute atomic E-state index is 0.00579. The average Bonchev–Trinajstić information content (AvgIpc) is 3.11. The van der Waals surface area contributed by atoms with E-state index in [1.54, 1.807) is 7.11 Å². The van der Waals surface area contributed by atoms with Crippen molar-refractivity contribution in [1.82, 2.24) is 0 Å². The Balaban J connectivity index is 1.53. The molecule has 1 aliphatic rings. The Morgan fingerprint density at radius 2 is 1.67 bits per heavy atom. The minimum atomic E-state index is -0.222. The molecule has 0 saturated heterocycles. The van der Waals surface area contributed by atoms with E-state index < -0.39 is 0 Å². The van der Waals surface area contributed by atoms with Crippen molar-refractivity contribution in [3.8, 4) is 17.2 Å². The Labute approximate surface area is 158 Å². The third-order valence-electron chi connectivity index (χ3n) is 4.89. The highest BCUT2D eigenvalue weighted by Gasteiger charge is 2.35. The largest absolute Gasteiger partial charge is 0.497 e. The average molecular weight is 362 g/mol. The van der Waals surface area contributed by atoms with Crippen molar-refractivity contribution in [2.75, 3.05) is 13.7 Å². The van der Waals surface area contributed by atoms with Gasteiger partial charge in [-0.25, -0.2) is 0 Å². The maximum atomic E-state index is 10.00. The lowest BCUT2D eigenvalue weighted by Crippen LogP contribution is -2.13. The van der Waals surface area contributed by atoms with Gasteiger partial charge >= 0.3 is 0 Å². The van der Waals surface area contributed by atoms with Crippen LogP contribution in [-0.4, -0.2) is 18.8 Å². The van der Waals surface area contributed by atoms with E-state index in [1.807, 2.05) is 72.8 Å². The van der Waals surface area contributed by atoms with E-state index in [4.69, 9.17) is 14.2 Å². The summed E-state index contributed by atoms with van der Waals surface area (Å²) < 4.78 is 17.3. The number of ether oxygens (including phenoxy) is 3. The lowest BCUT2D eigenvalue weighted by atomic mass is 9.92. The molecule has 2 atom stereocenters. The smallest absolute Gasteiger partial charge is 0.133 e. The highest BCUT2D eigenvalue weighted by atomic mass is 16.5. The molecule has 0 aromatic heterocycles. The van der Waals surface area contributed by atoms with Crippen LogP contribution in [0.2, 0.25) is 0 Å². The summed E-state index contributed by atoms with van der Waals surface area (Å²) >= 11 is 0. The zero-order chi connectivity index (χ0) is 18.6. The lowest BCUT2D eigenvalue weighted by molar-refractivity contribution is 0.160. The molecular weight excluding hydrogens is 340 g/mol. The van der Waals surface area contributed by atoms with Crippen LogP contribution in [0.3, 0.4) is 0 Å². The highest BCUT2D eigenvalue weighted by Crippen LogP contribution is 2.47. The number of rotatable bonds is 6.